The third kappa shape index (κ3) is 3.94. The molecular weight excluding hydrogens is 467 g/mol. The number of fused-ring (bicyclic) bond motifs is 5. The Kier molecular flexibility index (Phi) is 5.75. The van der Waals surface area contributed by atoms with Crippen LogP contribution in [0, 0.1) is 5.41 Å². The predicted octanol–water partition coefficient (Wildman–Crippen LogP) is 7.26. The van der Waals surface area contributed by atoms with E-state index in [9.17, 15) is 5.02 Å². The molecule has 190 valence electrons. The molecule has 6 aromatic rings. The van der Waals surface area contributed by atoms with E-state index in [0.29, 0.717) is 0 Å². The topological polar surface area (TPSA) is 39.3 Å². The van der Waals surface area contributed by atoms with Gasteiger partial charge in [0.2, 0.25) is 0 Å². The fourth-order valence-electron chi connectivity index (χ4n) is 5.08. The van der Waals surface area contributed by atoms with Crippen LogP contribution < -0.4 is 5.46 Å². The number of hydrogen-bond acceptors (Lipinski definition) is 2. The highest BCUT2D eigenvalue weighted by Gasteiger charge is 2.37. The van der Waals surface area contributed by atoms with E-state index < -0.39 is 12.7 Å². The zero-order chi connectivity index (χ0) is 26.7. The Morgan fingerprint density at radius 2 is 1.29 bits per heavy atom. The zero-order valence-corrected chi connectivity index (χ0v) is 22.6. The monoisotopic (exact) mass is 500 g/mol. The third-order valence-electron chi connectivity index (χ3n) is 8.17. The highest BCUT2D eigenvalue weighted by atomic mass is 16.5. The van der Waals surface area contributed by atoms with Crippen LogP contribution in [-0.2, 0) is 4.65 Å². The molecule has 5 heteroatoms. The summed E-state index contributed by atoms with van der Waals surface area (Å²) in [6.07, 6.45) is 2.14. The summed E-state index contributed by atoms with van der Waals surface area (Å²) in [6.45, 7) is 10.4. The van der Waals surface area contributed by atoms with Gasteiger partial charge in [-0.25, -0.2) is 0 Å². The average molecular weight is 500 g/mol. The molecule has 2 aromatic heterocycles. The summed E-state index contributed by atoms with van der Waals surface area (Å²) in [5.74, 6) is 0. The van der Waals surface area contributed by atoms with Crippen molar-refractivity contribution in [3.8, 4) is 11.4 Å². The molecule has 0 bridgehead atoms. The van der Waals surface area contributed by atoms with Crippen molar-refractivity contribution < 1.29 is 9.68 Å². The molecule has 4 aromatic carbocycles. The average Bonchev–Trinajstić information content (AvgIpc) is 3.47. The summed E-state index contributed by atoms with van der Waals surface area (Å²) in [6, 6.07) is 33.7. The van der Waals surface area contributed by atoms with Gasteiger partial charge in [-0.3, -0.25) is 0 Å². The largest absolute Gasteiger partial charge is 0.491 e. The molecule has 2 heterocycles. The summed E-state index contributed by atoms with van der Waals surface area (Å²) < 4.78 is 10.8. The Morgan fingerprint density at radius 3 is 1.95 bits per heavy atom. The minimum atomic E-state index is -1.02. The predicted molar refractivity (Wildman–Crippen MR) is 160 cm³/mol. The maximum Gasteiger partial charge on any atom is 0.491 e. The molecule has 0 amide bonds. The second-order valence-corrected chi connectivity index (χ2v) is 11.6. The Morgan fingerprint density at radius 1 is 0.658 bits per heavy atom. The summed E-state index contributed by atoms with van der Waals surface area (Å²) in [7, 11) is -1.02. The van der Waals surface area contributed by atoms with E-state index in [-0.39, 0.29) is 5.41 Å². The SMILES string of the molecule is CC(C)(C)C(C)(C)OB(O)c1ccc2c(c1)c1ccc3c(ccn3-c3ccccc3)c1n2-c1ccccc1. The van der Waals surface area contributed by atoms with Gasteiger partial charge in [-0.15, -0.1) is 0 Å². The molecule has 0 atom stereocenters. The first-order valence-corrected chi connectivity index (χ1v) is 13.2. The van der Waals surface area contributed by atoms with Gasteiger partial charge in [-0.05, 0) is 67.2 Å². The molecule has 0 aliphatic heterocycles. The lowest BCUT2D eigenvalue weighted by molar-refractivity contribution is -0.0129. The number of benzene rings is 4. The lowest BCUT2D eigenvalue weighted by atomic mass is 9.73. The van der Waals surface area contributed by atoms with E-state index in [0.717, 1.165) is 44.2 Å². The van der Waals surface area contributed by atoms with E-state index in [4.69, 9.17) is 4.65 Å². The number of rotatable bonds is 5. The van der Waals surface area contributed by atoms with Crippen LogP contribution in [0.1, 0.15) is 34.6 Å². The molecule has 0 radical (unpaired) electrons. The molecule has 0 saturated carbocycles. The Labute approximate surface area is 224 Å². The zero-order valence-electron chi connectivity index (χ0n) is 22.6. The Bertz CT molecular complexity index is 1760. The summed E-state index contributed by atoms with van der Waals surface area (Å²) >= 11 is 0. The second kappa shape index (κ2) is 8.90. The van der Waals surface area contributed by atoms with Crippen molar-refractivity contribution in [2.45, 2.75) is 40.2 Å². The van der Waals surface area contributed by atoms with Crippen LogP contribution in [0.5, 0.6) is 0 Å². The second-order valence-electron chi connectivity index (χ2n) is 11.6. The van der Waals surface area contributed by atoms with Crippen molar-refractivity contribution in [1.82, 2.24) is 9.13 Å². The van der Waals surface area contributed by atoms with E-state index in [1.54, 1.807) is 0 Å². The quantitative estimate of drug-likeness (QED) is 0.253. The third-order valence-corrected chi connectivity index (χ3v) is 8.17. The van der Waals surface area contributed by atoms with Gasteiger partial charge in [-0.1, -0.05) is 75.4 Å². The standard InChI is InChI=1S/C33H33BN2O2/c1-32(2,3)33(4,5)38-34(37)23-16-18-30-28(22-23)26-17-19-29-27(20-21-35(29)24-12-8-6-9-13-24)31(26)36(30)25-14-10-7-11-15-25/h6-22,37H,1-5H3. The summed E-state index contributed by atoms with van der Waals surface area (Å²) in [4.78, 5) is 0. The van der Waals surface area contributed by atoms with Crippen molar-refractivity contribution in [1.29, 1.82) is 0 Å². The van der Waals surface area contributed by atoms with Gasteiger partial charge in [0.15, 0.2) is 0 Å². The van der Waals surface area contributed by atoms with Crippen molar-refractivity contribution >= 4 is 45.3 Å². The molecule has 0 unspecified atom stereocenters. The molecule has 0 fully saturated rings. The maximum absolute atomic E-state index is 11.1. The Hall–Kier alpha value is -3.80. The lowest BCUT2D eigenvalue weighted by Crippen LogP contribution is -2.48. The molecule has 0 spiro atoms. The maximum atomic E-state index is 11.1. The van der Waals surface area contributed by atoms with Crippen LogP contribution in [0.4, 0.5) is 0 Å². The minimum Gasteiger partial charge on any atom is -0.423 e. The number of hydrogen-bond donors (Lipinski definition) is 1. The Balaban J connectivity index is 1.59. The molecule has 4 nitrogen and oxygen atoms in total. The van der Waals surface area contributed by atoms with Crippen LogP contribution in [0.2, 0.25) is 0 Å². The van der Waals surface area contributed by atoms with Crippen LogP contribution in [0.3, 0.4) is 0 Å². The molecule has 0 aliphatic carbocycles. The fourth-order valence-corrected chi connectivity index (χ4v) is 5.08. The smallest absolute Gasteiger partial charge is 0.423 e. The van der Waals surface area contributed by atoms with Crippen LogP contribution in [-0.4, -0.2) is 26.9 Å². The van der Waals surface area contributed by atoms with Gasteiger partial charge in [-0.2, -0.15) is 0 Å². The summed E-state index contributed by atoms with van der Waals surface area (Å²) in [5, 5.41) is 14.6. The van der Waals surface area contributed by atoms with Gasteiger partial charge in [0.25, 0.3) is 0 Å². The van der Waals surface area contributed by atoms with E-state index in [1.807, 2.05) is 32.0 Å². The lowest BCUT2D eigenvalue weighted by Gasteiger charge is -2.40. The molecular formula is C33H33BN2O2. The molecule has 0 aliphatic rings. The first kappa shape index (κ1) is 24.5. The van der Waals surface area contributed by atoms with Crippen LogP contribution >= 0.6 is 0 Å². The van der Waals surface area contributed by atoms with Crippen molar-refractivity contribution in [2.75, 3.05) is 0 Å². The highest BCUT2D eigenvalue weighted by Crippen LogP contribution is 2.38. The normalized spacial score (nSPS) is 12.6. The molecule has 0 saturated heterocycles. The van der Waals surface area contributed by atoms with Crippen LogP contribution in [0.25, 0.3) is 44.1 Å². The first-order valence-electron chi connectivity index (χ1n) is 13.2. The molecule has 38 heavy (non-hydrogen) atoms. The van der Waals surface area contributed by atoms with Gasteiger partial charge >= 0.3 is 7.12 Å². The van der Waals surface area contributed by atoms with Gasteiger partial charge in [0.1, 0.15) is 0 Å². The van der Waals surface area contributed by atoms with Crippen LogP contribution in [0.15, 0.2) is 103 Å². The van der Waals surface area contributed by atoms with E-state index in [1.165, 1.54) is 5.39 Å². The van der Waals surface area contributed by atoms with Crippen molar-refractivity contribution in [3.63, 3.8) is 0 Å². The van der Waals surface area contributed by atoms with Crippen molar-refractivity contribution in [3.05, 3.63) is 103 Å². The molecule has 1 N–H and O–H groups in total. The van der Waals surface area contributed by atoms with Gasteiger partial charge in [0.05, 0.1) is 22.2 Å². The molecule has 6 rings (SSSR count). The number of aromatic nitrogens is 2. The van der Waals surface area contributed by atoms with Gasteiger partial charge in [0, 0.05) is 33.7 Å². The van der Waals surface area contributed by atoms with E-state index in [2.05, 4.69) is 115 Å². The highest BCUT2D eigenvalue weighted by molar-refractivity contribution is 6.60. The van der Waals surface area contributed by atoms with Crippen molar-refractivity contribution in [2.24, 2.45) is 5.41 Å². The fraction of sp³-hybridized carbons (Fsp3) is 0.212. The van der Waals surface area contributed by atoms with Gasteiger partial charge < -0.3 is 18.8 Å². The number of nitrogens with zero attached hydrogens (tertiary/aromatic N) is 2. The number of para-hydroxylation sites is 2. The minimum absolute atomic E-state index is 0.126. The first-order chi connectivity index (χ1) is 18.2. The summed E-state index contributed by atoms with van der Waals surface area (Å²) in [5.41, 5.74) is 5.76. The van der Waals surface area contributed by atoms with E-state index >= 15 is 0 Å².